The predicted octanol–water partition coefficient (Wildman–Crippen LogP) is 4.66. The summed E-state index contributed by atoms with van der Waals surface area (Å²) in [4.78, 5) is 7.14. The van der Waals surface area contributed by atoms with Crippen molar-refractivity contribution >= 4 is 35.6 Å². The molecule has 2 N–H and O–H groups in total. The van der Waals surface area contributed by atoms with Gasteiger partial charge in [-0.1, -0.05) is 36.4 Å². The number of ether oxygens (including phenoxy) is 2. The van der Waals surface area contributed by atoms with E-state index in [1.165, 1.54) is 16.8 Å². The minimum Gasteiger partial charge on any atom is -0.493 e. The number of guanidine groups is 1. The van der Waals surface area contributed by atoms with E-state index in [0.717, 1.165) is 56.5 Å². The van der Waals surface area contributed by atoms with Gasteiger partial charge in [0.05, 0.1) is 19.8 Å². The highest BCUT2D eigenvalue weighted by Gasteiger charge is 2.17. The normalized spacial score (nSPS) is 17.5. The van der Waals surface area contributed by atoms with Crippen molar-refractivity contribution in [2.75, 3.05) is 44.4 Å². The van der Waals surface area contributed by atoms with Crippen LogP contribution in [0.1, 0.15) is 30.0 Å². The molecule has 0 spiro atoms. The first-order valence-corrected chi connectivity index (χ1v) is 12.0. The second-order valence-electron chi connectivity index (χ2n) is 8.74. The highest BCUT2D eigenvalue weighted by molar-refractivity contribution is 14.0. The van der Waals surface area contributed by atoms with Crippen molar-refractivity contribution in [2.24, 2.45) is 10.9 Å². The Morgan fingerprint density at radius 1 is 1.12 bits per heavy atom. The summed E-state index contributed by atoms with van der Waals surface area (Å²) >= 11 is 0. The zero-order valence-electron chi connectivity index (χ0n) is 20.3. The number of rotatable bonds is 9. The van der Waals surface area contributed by atoms with Gasteiger partial charge in [-0.15, -0.1) is 24.0 Å². The van der Waals surface area contributed by atoms with E-state index in [9.17, 15) is 0 Å². The van der Waals surface area contributed by atoms with E-state index in [0.29, 0.717) is 25.6 Å². The Morgan fingerprint density at radius 2 is 1.91 bits per heavy atom. The highest BCUT2D eigenvalue weighted by atomic mass is 127. The van der Waals surface area contributed by atoms with Gasteiger partial charge in [-0.25, -0.2) is 4.99 Å². The number of hydrogen-bond acceptors (Lipinski definition) is 4. The standard InChI is InChI=1S/C27H36N4O2.HI/c1-3-28-27(29-17-22-7-10-25(11-8-22)31-13-4-5-14-31)30-18-24-9-6-21(2)16-26(24)33-20-23-12-15-32-19-23;/h4-11,16,23H,3,12-15,17-20H2,1-2H3,(H2,28,29,30);1H. The van der Waals surface area contributed by atoms with Crippen molar-refractivity contribution in [1.29, 1.82) is 0 Å². The Bertz CT molecular complexity index is 948. The summed E-state index contributed by atoms with van der Waals surface area (Å²) in [7, 11) is 0. The molecule has 2 aromatic rings. The first-order valence-electron chi connectivity index (χ1n) is 12.0. The number of aliphatic imine (C=N–C) groups is 1. The predicted molar refractivity (Wildman–Crippen MR) is 150 cm³/mol. The molecule has 0 aromatic heterocycles. The van der Waals surface area contributed by atoms with Gasteiger partial charge in [0.15, 0.2) is 5.96 Å². The second-order valence-corrected chi connectivity index (χ2v) is 8.74. The molecular weight excluding hydrogens is 539 g/mol. The lowest BCUT2D eigenvalue weighted by atomic mass is 10.1. The van der Waals surface area contributed by atoms with Gasteiger partial charge in [0.1, 0.15) is 5.75 Å². The second kappa shape index (κ2) is 13.6. The molecule has 0 bridgehead atoms. The van der Waals surface area contributed by atoms with Gasteiger partial charge >= 0.3 is 0 Å². The van der Waals surface area contributed by atoms with Crippen LogP contribution in [-0.2, 0) is 17.8 Å². The van der Waals surface area contributed by atoms with Gasteiger partial charge in [-0.3, -0.25) is 0 Å². The molecule has 0 amide bonds. The quantitative estimate of drug-likeness (QED) is 0.197. The largest absolute Gasteiger partial charge is 0.493 e. The number of aryl methyl sites for hydroxylation is 1. The van der Waals surface area contributed by atoms with E-state index >= 15 is 0 Å². The minimum absolute atomic E-state index is 0. The summed E-state index contributed by atoms with van der Waals surface area (Å²) < 4.78 is 11.7. The van der Waals surface area contributed by atoms with Crippen LogP contribution in [0, 0.1) is 12.8 Å². The topological polar surface area (TPSA) is 58.1 Å². The van der Waals surface area contributed by atoms with Crippen LogP contribution >= 0.6 is 24.0 Å². The Morgan fingerprint density at radius 3 is 2.62 bits per heavy atom. The molecule has 2 aliphatic rings. The molecule has 4 rings (SSSR count). The van der Waals surface area contributed by atoms with E-state index in [2.05, 4.69) is 84.0 Å². The van der Waals surface area contributed by atoms with E-state index in [1.807, 2.05) is 0 Å². The minimum atomic E-state index is 0. The van der Waals surface area contributed by atoms with E-state index in [-0.39, 0.29) is 24.0 Å². The summed E-state index contributed by atoms with van der Waals surface area (Å²) in [6.07, 6.45) is 5.49. The number of anilines is 1. The first kappa shape index (κ1) is 26.3. The molecule has 0 radical (unpaired) electrons. The fourth-order valence-corrected chi connectivity index (χ4v) is 4.06. The number of halogens is 1. The zero-order valence-corrected chi connectivity index (χ0v) is 22.6. The fourth-order valence-electron chi connectivity index (χ4n) is 4.06. The van der Waals surface area contributed by atoms with Crippen LogP contribution in [-0.4, -0.2) is 45.4 Å². The average Bonchev–Trinajstić information content (AvgIpc) is 3.55. The maximum atomic E-state index is 6.19. The molecule has 7 heteroatoms. The average molecular weight is 577 g/mol. The maximum absolute atomic E-state index is 6.19. The number of benzene rings is 2. The maximum Gasteiger partial charge on any atom is 0.191 e. The number of nitrogens with zero attached hydrogens (tertiary/aromatic N) is 2. The van der Waals surface area contributed by atoms with Gasteiger partial charge in [0.2, 0.25) is 0 Å². The lowest BCUT2D eigenvalue weighted by molar-refractivity contribution is 0.166. The van der Waals surface area contributed by atoms with Gasteiger partial charge in [-0.2, -0.15) is 0 Å². The van der Waals surface area contributed by atoms with Crippen LogP contribution in [0.15, 0.2) is 59.6 Å². The third-order valence-corrected chi connectivity index (χ3v) is 6.05. The summed E-state index contributed by atoms with van der Waals surface area (Å²) in [6.45, 7) is 10.6. The van der Waals surface area contributed by atoms with E-state index in [4.69, 9.17) is 14.5 Å². The number of hydrogen-bond donors (Lipinski definition) is 2. The summed E-state index contributed by atoms with van der Waals surface area (Å²) in [5, 5.41) is 6.82. The SMILES string of the molecule is CCNC(=NCc1ccc(N2CC=CC2)cc1)NCc1ccc(C)cc1OCC1CCOC1.I. The molecule has 1 saturated heterocycles. The molecular formula is C27H37IN4O2. The van der Waals surface area contributed by atoms with Crippen LogP contribution < -0.4 is 20.3 Å². The molecule has 1 fully saturated rings. The summed E-state index contributed by atoms with van der Waals surface area (Å²) in [5.41, 5.74) is 4.79. The molecule has 0 saturated carbocycles. The molecule has 1 unspecified atom stereocenters. The van der Waals surface area contributed by atoms with Gasteiger partial charge in [0.25, 0.3) is 0 Å². The zero-order chi connectivity index (χ0) is 22.9. The Kier molecular flexibility index (Phi) is 10.5. The van der Waals surface area contributed by atoms with Crippen LogP contribution in [0.5, 0.6) is 5.75 Å². The van der Waals surface area contributed by atoms with Gasteiger partial charge in [-0.05, 0) is 49.6 Å². The van der Waals surface area contributed by atoms with Gasteiger partial charge < -0.3 is 25.0 Å². The van der Waals surface area contributed by atoms with Crippen molar-refractivity contribution < 1.29 is 9.47 Å². The monoisotopic (exact) mass is 576 g/mol. The molecule has 6 nitrogen and oxygen atoms in total. The Balaban J connectivity index is 0.00000324. The van der Waals surface area contributed by atoms with Crippen molar-refractivity contribution in [3.8, 4) is 5.75 Å². The van der Waals surface area contributed by atoms with Crippen LogP contribution in [0.4, 0.5) is 5.69 Å². The molecule has 2 heterocycles. The fraction of sp³-hybridized carbons (Fsp3) is 0.444. The van der Waals surface area contributed by atoms with E-state index < -0.39 is 0 Å². The Labute approximate surface area is 220 Å². The van der Waals surface area contributed by atoms with Crippen molar-refractivity contribution in [3.05, 3.63) is 71.3 Å². The van der Waals surface area contributed by atoms with Gasteiger partial charge in [0, 0.05) is 50.0 Å². The lowest BCUT2D eigenvalue weighted by Gasteiger charge is -2.18. The smallest absolute Gasteiger partial charge is 0.191 e. The molecule has 34 heavy (non-hydrogen) atoms. The van der Waals surface area contributed by atoms with Crippen LogP contribution in [0.2, 0.25) is 0 Å². The third kappa shape index (κ3) is 7.63. The molecule has 0 aliphatic carbocycles. The molecule has 2 aliphatic heterocycles. The van der Waals surface area contributed by atoms with Crippen molar-refractivity contribution in [2.45, 2.75) is 33.4 Å². The van der Waals surface area contributed by atoms with Crippen LogP contribution in [0.25, 0.3) is 0 Å². The molecule has 184 valence electrons. The highest BCUT2D eigenvalue weighted by Crippen LogP contribution is 2.23. The third-order valence-electron chi connectivity index (χ3n) is 6.05. The summed E-state index contributed by atoms with van der Waals surface area (Å²) in [6, 6.07) is 15.1. The molecule has 1 atom stereocenters. The molecule has 2 aromatic carbocycles. The number of nitrogens with one attached hydrogen (secondary N) is 2. The van der Waals surface area contributed by atoms with Crippen molar-refractivity contribution in [1.82, 2.24) is 10.6 Å². The summed E-state index contributed by atoms with van der Waals surface area (Å²) in [5.74, 6) is 2.23. The lowest BCUT2D eigenvalue weighted by Crippen LogP contribution is -2.36. The van der Waals surface area contributed by atoms with Crippen molar-refractivity contribution in [3.63, 3.8) is 0 Å². The van der Waals surface area contributed by atoms with E-state index in [1.54, 1.807) is 0 Å². The Hall–Kier alpha value is -2.26. The first-order chi connectivity index (χ1) is 16.2. The van der Waals surface area contributed by atoms with Crippen LogP contribution in [0.3, 0.4) is 0 Å².